The van der Waals surface area contributed by atoms with Gasteiger partial charge in [0, 0.05) is 44.2 Å². The number of benzene rings is 3. The van der Waals surface area contributed by atoms with Crippen LogP contribution in [0.15, 0.2) is 79.4 Å². The first-order valence-corrected chi connectivity index (χ1v) is 13.5. The minimum absolute atomic E-state index is 0.0516. The van der Waals surface area contributed by atoms with Crippen LogP contribution in [0.25, 0.3) is 17.0 Å². The van der Waals surface area contributed by atoms with Gasteiger partial charge in [-0.3, -0.25) is 9.69 Å². The summed E-state index contributed by atoms with van der Waals surface area (Å²) in [6, 6.07) is 24.6. The Balaban J connectivity index is 1.17. The summed E-state index contributed by atoms with van der Waals surface area (Å²) < 4.78 is 0. The van der Waals surface area contributed by atoms with Crippen molar-refractivity contribution in [3.63, 3.8) is 0 Å². The quantitative estimate of drug-likeness (QED) is 0.291. The van der Waals surface area contributed by atoms with E-state index in [-0.39, 0.29) is 11.8 Å². The van der Waals surface area contributed by atoms with Gasteiger partial charge >= 0.3 is 0 Å². The molecular weight excluding hydrogens is 484 g/mol. The van der Waals surface area contributed by atoms with Gasteiger partial charge in [-0.1, -0.05) is 61.2 Å². The van der Waals surface area contributed by atoms with Crippen molar-refractivity contribution in [2.45, 2.75) is 25.9 Å². The van der Waals surface area contributed by atoms with Gasteiger partial charge in [-0.05, 0) is 66.9 Å². The van der Waals surface area contributed by atoms with Crippen LogP contribution in [-0.2, 0) is 17.9 Å². The summed E-state index contributed by atoms with van der Waals surface area (Å²) in [5.74, 6) is 1.60. The number of fused-ring (bicyclic) bond motifs is 1. The summed E-state index contributed by atoms with van der Waals surface area (Å²) in [5.41, 5.74) is 5.15. The lowest BCUT2D eigenvalue weighted by Crippen LogP contribution is -2.37. The van der Waals surface area contributed by atoms with Gasteiger partial charge in [0.25, 0.3) is 0 Å². The van der Waals surface area contributed by atoms with E-state index in [2.05, 4.69) is 57.4 Å². The number of nitrogens with zero attached hydrogens (tertiary/aromatic N) is 4. The molecule has 0 saturated carbocycles. The zero-order valence-corrected chi connectivity index (χ0v) is 22.7. The predicted octanol–water partition coefficient (Wildman–Crippen LogP) is 5.80. The highest BCUT2D eigenvalue weighted by molar-refractivity contribution is 5.93. The molecule has 3 aromatic carbocycles. The molecule has 0 spiro atoms. The Morgan fingerprint density at radius 2 is 1.74 bits per heavy atom. The smallest absolute Gasteiger partial charge is 0.227 e. The van der Waals surface area contributed by atoms with Crippen LogP contribution in [0.4, 0.5) is 17.5 Å². The standard InChI is InChI=1S/C32H36N6O/c1-4-23-12-15-29-28(20-23)30(36-32(35-29)37(2)3)33-21-24-10-13-27(14-11-24)34-31(39)26-16-18-38(19-17-26)22-25-8-6-5-7-9-25/h4-15,20,26H,1,16-19,21-22H2,2-3H3,(H,34,39)(H,33,35,36). The summed E-state index contributed by atoms with van der Waals surface area (Å²) in [7, 11) is 3.87. The van der Waals surface area contributed by atoms with Crippen LogP contribution in [0.2, 0.25) is 0 Å². The number of carbonyl (C=O) groups excluding carboxylic acids is 1. The predicted molar refractivity (Wildman–Crippen MR) is 161 cm³/mol. The van der Waals surface area contributed by atoms with Gasteiger partial charge in [0.15, 0.2) is 0 Å². The molecule has 5 rings (SSSR count). The van der Waals surface area contributed by atoms with E-state index < -0.39 is 0 Å². The normalized spacial score (nSPS) is 14.2. The zero-order chi connectivity index (χ0) is 27.2. The lowest BCUT2D eigenvalue weighted by Gasteiger charge is -2.31. The molecule has 0 atom stereocenters. The van der Waals surface area contributed by atoms with Crippen molar-refractivity contribution in [1.29, 1.82) is 0 Å². The fourth-order valence-corrected chi connectivity index (χ4v) is 4.93. The van der Waals surface area contributed by atoms with Crippen molar-refractivity contribution in [3.8, 4) is 0 Å². The maximum Gasteiger partial charge on any atom is 0.227 e. The molecule has 1 fully saturated rings. The summed E-state index contributed by atoms with van der Waals surface area (Å²) >= 11 is 0. The van der Waals surface area contributed by atoms with Gasteiger partial charge < -0.3 is 15.5 Å². The third kappa shape index (κ3) is 6.62. The minimum Gasteiger partial charge on any atom is -0.365 e. The monoisotopic (exact) mass is 520 g/mol. The highest BCUT2D eigenvalue weighted by atomic mass is 16.1. The molecule has 1 aromatic heterocycles. The van der Waals surface area contributed by atoms with Gasteiger partial charge in [-0.25, -0.2) is 4.98 Å². The first-order valence-electron chi connectivity index (χ1n) is 13.5. The van der Waals surface area contributed by atoms with Gasteiger partial charge in [-0.15, -0.1) is 0 Å². The number of piperidine rings is 1. The number of carbonyl (C=O) groups is 1. The van der Waals surface area contributed by atoms with Gasteiger partial charge in [0.1, 0.15) is 5.82 Å². The average molecular weight is 521 g/mol. The second-order valence-corrected chi connectivity index (χ2v) is 10.3. The lowest BCUT2D eigenvalue weighted by atomic mass is 9.95. The van der Waals surface area contributed by atoms with E-state index in [1.165, 1.54) is 5.56 Å². The summed E-state index contributed by atoms with van der Waals surface area (Å²) in [5, 5.41) is 7.56. The molecule has 7 heteroatoms. The van der Waals surface area contributed by atoms with E-state index in [0.29, 0.717) is 12.5 Å². The Hall–Kier alpha value is -4.23. The van der Waals surface area contributed by atoms with Crippen molar-refractivity contribution < 1.29 is 4.79 Å². The van der Waals surface area contributed by atoms with Crippen LogP contribution in [0.3, 0.4) is 0 Å². The van der Waals surface area contributed by atoms with E-state index in [1.807, 2.05) is 67.5 Å². The highest BCUT2D eigenvalue weighted by Crippen LogP contribution is 2.26. The van der Waals surface area contributed by atoms with E-state index >= 15 is 0 Å². The topological polar surface area (TPSA) is 73.4 Å². The molecule has 0 radical (unpaired) electrons. The highest BCUT2D eigenvalue weighted by Gasteiger charge is 2.25. The van der Waals surface area contributed by atoms with Crippen molar-refractivity contribution in [1.82, 2.24) is 14.9 Å². The van der Waals surface area contributed by atoms with E-state index in [1.54, 1.807) is 0 Å². The molecular formula is C32H36N6O. The number of amides is 1. The summed E-state index contributed by atoms with van der Waals surface area (Å²) in [6.45, 7) is 7.32. The first kappa shape index (κ1) is 26.4. The summed E-state index contributed by atoms with van der Waals surface area (Å²) in [4.78, 5) is 26.7. The average Bonchev–Trinajstić information content (AvgIpc) is 2.97. The van der Waals surface area contributed by atoms with E-state index in [0.717, 1.165) is 66.0 Å². The zero-order valence-electron chi connectivity index (χ0n) is 22.7. The first-order chi connectivity index (χ1) is 19.0. The van der Waals surface area contributed by atoms with Crippen LogP contribution < -0.4 is 15.5 Å². The molecule has 1 aliphatic heterocycles. The number of aromatic nitrogens is 2. The molecule has 39 heavy (non-hydrogen) atoms. The minimum atomic E-state index is 0.0516. The number of hydrogen-bond acceptors (Lipinski definition) is 6. The second kappa shape index (κ2) is 12.1. The Morgan fingerprint density at radius 1 is 1.00 bits per heavy atom. The number of hydrogen-bond donors (Lipinski definition) is 2. The maximum atomic E-state index is 12.9. The van der Waals surface area contributed by atoms with Crippen LogP contribution in [0, 0.1) is 5.92 Å². The van der Waals surface area contributed by atoms with Gasteiger partial charge in [-0.2, -0.15) is 4.98 Å². The number of rotatable bonds is 9. The molecule has 2 N–H and O–H groups in total. The van der Waals surface area contributed by atoms with Gasteiger partial charge in [0.05, 0.1) is 5.52 Å². The second-order valence-electron chi connectivity index (χ2n) is 10.3. The molecule has 0 bridgehead atoms. The molecule has 1 amide bonds. The molecule has 1 aliphatic rings. The Morgan fingerprint density at radius 3 is 2.44 bits per heavy atom. The molecule has 1 saturated heterocycles. The molecule has 4 aromatic rings. The van der Waals surface area contributed by atoms with Crippen molar-refractivity contribution >= 4 is 40.3 Å². The molecule has 0 aliphatic carbocycles. The van der Waals surface area contributed by atoms with Gasteiger partial charge in [0.2, 0.25) is 11.9 Å². The van der Waals surface area contributed by atoms with E-state index in [9.17, 15) is 4.79 Å². The maximum absolute atomic E-state index is 12.9. The van der Waals surface area contributed by atoms with Crippen LogP contribution in [-0.4, -0.2) is 48.0 Å². The molecule has 7 nitrogen and oxygen atoms in total. The number of anilines is 3. The van der Waals surface area contributed by atoms with Crippen LogP contribution in [0.5, 0.6) is 0 Å². The third-order valence-corrected chi connectivity index (χ3v) is 7.23. The van der Waals surface area contributed by atoms with Crippen molar-refractivity contribution in [3.05, 3.63) is 96.1 Å². The number of likely N-dealkylation sites (tertiary alicyclic amines) is 1. The Kier molecular flexibility index (Phi) is 8.18. The summed E-state index contributed by atoms with van der Waals surface area (Å²) in [6.07, 6.45) is 3.59. The van der Waals surface area contributed by atoms with Crippen LogP contribution >= 0.6 is 0 Å². The Labute approximate surface area is 230 Å². The SMILES string of the molecule is C=Cc1ccc2nc(N(C)C)nc(NCc3ccc(NC(=O)C4CCN(Cc5ccccc5)CC4)cc3)c2c1. The Bertz CT molecular complexity index is 1430. The fraction of sp³-hybridized carbons (Fsp3) is 0.281. The van der Waals surface area contributed by atoms with E-state index in [4.69, 9.17) is 4.98 Å². The molecule has 200 valence electrons. The largest absolute Gasteiger partial charge is 0.365 e. The third-order valence-electron chi connectivity index (χ3n) is 7.23. The fourth-order valence-electron chi connectivity index (χ4n) is 4.93. The van der Waals surface area contributed by atoms with Crippen molar-refractivity contribution in [2.75, 3.05) is 42.7 Å². The lowest BCUT2D eigenvalue weighted by molar-refractivity contribution is -0.121. The molecule has 2 heterocycles. The molecule has 0 unspecified atom stereocenters. The van der Waals surface area contributed by atoms with Crippen molar-refractivity contribution in [2.24, 2.45) is 5.92 Å². The number of nitrogens with one attached hydrogen (secondary N) is 2. The van der Waals surface area contributed by atoms with Crippen LogP contribution in [0.1, 0.15) is 29.5 Å².